The van der Waals surface area contributed by atoms with Gasteiger partial charge in [-0.25, -0.2) is 8.42 Å². The molecule has 1 saturated heterocycles. The van der Waals surface area contributed by atoms with Crippen LogP contribution >= 0.6 is 0 Å². The number of benzene rings is 2. The first kappa shape index (κ1) is 32.4. The van der Waals surface area contributed by atoms with Gasteiger partial charge in [0.1, 0.15) is 5.75 Å². The van der Waals surface area contributed by atoms with E-state index in [2.05, 4.69) is 47.4 Å². The monoisotopic (exact) mass is 587 g/mol. The summed E-state index contributed by atoms with van der Waals surface area (Å²) >= 11 is 0. The summed E-state index contributed by atoms with van der Waals surface area (Å²) in [6, 6.07) is 10.2. The van der Waals surface area contributed by atoms with Crippen molar-refractivity contribution in [2.24, 2.45) is 0 Å². The molecule has 0 radical (unpaired) electrons. The molecule has 3 rings (SSSR count). The number of likely N-dealkylation sites (N-methyl/N-ethyl adjacent to an activating group) is 3. The molecule has 2 amide bonds. The number of nitrogens with one attached hydrogen (secondary N) is 1. The molecule has 1 fully saturated rings. The van der Waals surface area contributed by atoms with E-state index in [9.17, 15) is 18.0 Å². The van der Waals surface area contributed by atoms with Gasteiger partial charge in [0.15, 0.2) is 0 Å². The summed E-state index contributed by atoms with van der Waals surface area (Å²) in [5, 5.41) is 2.57. The maximum Gasteiger partial charge on any atom is 0.243 e. The number of rotatable bonds is 12. The Morgan fingerprint density at radius 2 is 1.76 bits per heavy atom. The molecular weight excluding hydrogens is 542 g/mol. The molecule has 1 N–H and O–H groups in total. The summed E-state index contributed by atoms with van der Waals surface area (Å²) < 4.78 is 32.9. The van der Waals surface area contributed by atoms with Crippen LogP contribution in [0, 0.1) is 13.8 Å². The fraction of sp³-hybridized carbons (Fsp3) is 0.533. The van der Waals surface area contributed by atoms with E-state index in [1.54, 1.807) is 31.0 Å². The lowest BCUT2D eigenvalue weighted by Gasteiger charge is -2.24. The first-order chi connectivity index (χ1) is 19.3. The molecule has 226 valence electrons. The van der Waals surface area contributed by atoms with Crippen LogP contribution < -0.4 is 15.0 Å². The van der Waals surface area contributed by atoms with Gasteiger partial charge in [-0.2, -0.15) is 4.31 Å². The van der Waals surface area contributed by atoms with Gasteiger partial charge >= 0.3 is 0 Å². The van der Waals surface area contributed by atoms with E-state index in [1.807, 2.05) is 13.8 Å². The number of carbonyl (C=O) groups excluding carboxylic acids is 2. The SMILES string of the molecule is CCc1cc(OC)cc(C)c1S(=O)(=O)N(C)CC(=O)NCC(=O)N(C)Cc1ccc(N2CCC(N(C)C)C2)cc1C. The zero-order valence-corrected chi connectivity index (χ0v) is 26.5. The quantitative estimate of drug-likeness (QED) is 0.407. The van der Waals surface area contributed by atoms with Crippen molar-refractivity contribution in [1.29, 1.82) is 0 Å². The standard InChI is InChI=1S/C30H45N5O5S/c1-9-23-16-27(40-8)15-22(3)30(23)41(38,39)34(7)20-28(36)31-17-29(37)33(6)18-24-10-11-25(14-21(24)2)35-13-12-26(19-35)32(4)5/h10-11,14-16,26H,9,12-13,17-20H2,1-8H3,(H,31,36). The van der Waals surface area contributed by atoms with Crippen molar-refractivity contribution in [1.82, 2.24) is 19.4 Å². The lowest BCUT2D eigenvalue weighted by molar-refractivity contribution is -0.132. The Balaban J connectivity index is 1.55. The van der Waals surface area contributed by atoms with Crippen LogP contribution in [0.5, 0.6) is 5.75 Å². The smallest absolute Gasteiger partial charge is 0.243 e. The van der Waals surface area contributed by atoms with Crippen LogP contribution in [0.4, 0.5) is 5.69 Å². The Hall–Kier alpha value is -3.15. The summed E-state index contributed by atoms with van der Waals surface area (Å²) in [7, 11) is 4.88. The third kappa shape index (κ3) is 7.78. The fourth-order valence-corrected chi connectivity index (χ4v) is 6.76. The van der Waals surface area contributed by atoms with Crippen LogP contribution in [0.3, 0.4) is 0 Å². The zero-order chi connectivity index (χ0) is 30.5. The average Bonchev–Trinajstić information content (AvgIpc) is 3.42. The molecule has 10 nitrogen and oxygen atoms in total. The molecule has 1 aliphatic heterocycles. The number of nitrogens with zero attached hydrogens (tertiary/aromatic N) is 4. The van der Waals surface area contributed by atoms with Gasteiger partial charge in [0, 0.05) is 45.5 Å². The van der Waals surface area contributed by atoms with Gasteiger partial charge in [-0.1, -0.05) is 13.0 Å². The molecule has 1 atom stereocenters. The number of sulfonamides is 1. The summed E-state index contributed by atoms with van der Waals surface area (Å²) in [6.07, 6.45) is 1.63. The first-order valence-electron chi connectivity index (χ1n) is 13.9. The van der Waals surface area contributed by atoms with Gasteiger partial charge in [0.2, 0.25) is 21.8 Å². The molecule has 41 heavy (non-hydrogen) atoms. The normalized spacial score (nSPS) is 15.5. The Kier molecular flexibility index (Phi) is 10.8. The fourth-order valence-electron chi connectivity index (χ4n) is 5.16. The van der Waals surface area contributed by atoms with E-state index in [0.29, 0.717) is 35.9 Å². The maximum atomic E-state index is 13.3. The third-order valence-corrected chi connectivity index (χ3v) is 9.88. The largest absolute Gasteiger partial charge is 0.497 e. The van der Waals surface area contributed by atoms with E-state index >= 15 is 0 Å². The van der Waals surface area contributed by atoms with Gasteiger partial charge in [0.25, 0.3) is 0 Å². The van der Waals surface area contributed by atoms with E-state index in [-0.39, 0.29) is 17.3 Å². The predicted octanol–water partition coefficient (Wildman–Crippen LogP) is 2.41. The summed E-state index contributed by atoms with van der Waals surface area (Å²) in [5.74, 6) is -0.235. The molecule has 0 aromatic heterocycles. The highest BCUT2D eigenvalue weighted by Gasteiger charge is 2.28. The Bertz CT molecular complexity index is 1360. The number of methoxy groups -OCH3 is 1. The molecule has 0 spiro atoms. The minimum atomic E-state index is -3.93. The zero-order valence-electron chi connectivity index (χ0n) is 25.7. The Morgan fingerprint density at radius 1 is 1.05 bits per heavy atom. The highest BCUT2D eigenvalue weighted by molar-refractivity contribution is 7.89. The topological polar surface area (TPSA) is 102 Å². The van der Waals surface area contributed by atoms with Crippen molar-refractivity contribution in [3.05, 3.63) is 52.6 Å². The van der Waals surface area contributed by atoms with Crippen molar-refractivity contribution < 1.29 is 22.7 Å². The van der Waals surface area contributed by atoms with Crippen LogP contribution in [-0.2, 0) is 32.6 Å². The number of hydrogen-bond acceptors (Lipinski definition) is 7. The van der Waals surface area contributed by atoms with Gasteiger partial charge in [-0.05, 0) is 87.3 Å². The van der Waals surface area contributed by atoms with Crippen molar-refractivity contribution in [2.45, 2.75) is 51.1 Å². The predicted molar refractivity (Wildman–Crippen MR) is 162 cm³/mol. The van der Waals surface area contributed by atoms with Crippen LogP contribution in [0.2, 0.25) is 0 Å². The van der Waals surface area contributed by atoms with Crippen molar-refractivity contribution in [2.75, 3.05) is 66.4 Å². The number of carbonyl (C=O) groups is 2. The molecule has 11 heteroatoms. The third-order valence-electron chi connectivity index (χ3n) is 7.83. The molecule has 2 aromatic rings. The van der Waals surface area contributed by atoms with E-state index in [1.165, 1.54) is 19.8 Å². The van der Waals surface area contributed by atoms with Crippen LogP contribution in [-0.4, -0.2) is 102 Å². The number of ether oxygens (including phenoxy) is 1. The second-order valence-corrected chi connectivity index (χ2v) is 13.0. The molecular formula is C30H45N5O5S. The number of anilines is 1. The second-order valence-electron chi connectivity index (χ2n) is 11.0. The summed E-state index contributed by atoms with van der Waals surface area (Å²) in [4.78, 5) is 31.8. The van der Waals surface area contributed by atoms with E-state index in [4.69, 9.17) is 4.74 Å². The van der Waals surface area contributed by atoms with E-state index in [0.717, 1.165) is 34.9 Å². The summed E-state index contributed by atoms with van der Waals surface area (Å²) in [6.45, 7) is 7.43. The Morgan fingerprint density at radius 3 is 2.34 bits per heavy atom. The highest BCUT2D eigenvalue weighted by atomic mass is 32.2. The second kappa shape index (κ2) is 13.7. The molecule has 2 aromatic carbocycles. The Labute approximate surface area is 245 Å². The molecule has 1 aliphatic rings. The van der Waals surface area contributed by atoms with Gasteiger partial charge in [-0.3, -0.25) is 9.59 Å². The van der Waals surface area contributed by atoms with Gasteiger partial charge in [0.05, 0.1) is 25.1 Å². The average molecular weight is 588 g/mol. The number of hydrogen-bond donors (Lipinski definition) is 1. The van der Waals surface area contributed by atoms with Gasteiger partial charge in [-0.15, -0.1) is 0 Å². The van der Waals surface area contributed by atoms with Crippen LogP contribution in [0.15, 0.2) is 35.2 Å². The van der Waals surface area contributed by atoms with Gasteiger partial charge < -0.3 is 24.8 Å². The van der Waals surface area contributed by atoms with Crippen LogP contribution in [0.25, 0.3) is 0 Å². The van der Waals surface area contributed by atoms with Crippen LogP contribution in [0.1, 0.15) is 35.6 Å². The first-order valence-corrected chi connectivity index (χ1v) is 15.4. The number of aryl methyl sites for hydroxylation is 3. The van der Waals surface area contributed by atoms with E-state index < -0.39 is 22.5 Å². The van der Waals surface area contributed by atoms with Crippen molar-refractivity contribution >= 4 is 27.5 Å². The number of amides is 2. The van der Waals surface area contributed by atoms with Crippen molar-refractivity contribution in [3.8, 4) is 5.75 Å². The lowest BCUT2D eigenvalue weighted by atomic mass is 10.1. The molecule has 1 unspecified atom stereocenters. The highest BCUT2D eigenvalue weighted by Crippen LogP contribution is 2.29. The minimum absolute atomic E-state index is 0.176. The minimum Gasteiger partial charge on any atom is -0.497 e. The lowest BCUT2D eigenvalue weighted by Crippen LogP contribution is -2.43. The molecule has 0 bridgehead atoms. The molecule has 0 aliphatic carbocycles. The molecule has 1 heterocycles. The summed E-state index contributed by atoms with van der Waals surface area (Å²) in [5.41, 5.74) is 4.49. The van der Waals surface area contributed by atoms with Crippen molar-refractivity contribution in [3.63, 3.8) is 0 Å². The molecule has 0 saturated carbocycles. The maximum absolute atomic E-state index is 13.3.